The summed E-state index contributed by atoms with van der Waals surface area (Å²) >= 11 is 0. The van der Waals surface area contributed by atoms with Gasteiger partial charge >= 0.3 is 0 Å². The van der Waals surface area contributed by atoms with Crippen molar-refractivity contribution in [1.29, 1.82) is 0 Å². The van der Waals surface area contributed by atoms with Crippen molar-refractivity contribution in [3.63, 3.8) is 0 Å². The lowest BCUT2D eigenvalue weighted by atomic mass is 9.88. The molecule has 0 saturated carbocycles. The Morgan fingerprint density at radius 2 is 1.87 bits per heavy atom. The minimum atomic E-state index is -3.94. The Bertz CT molecular complexity index is 910. The molecule has 2 aromatic carbocycles. The van der Waals surface area contributed by atoms with Gasteiger partial charge in [-0.05, 0) is 48.7 Å². The summed E-state index contributed by atoms with van der Waals surface area (Å²) in [7, 11) is -3.94. The van der Waals surface area contributed by atoms with Crippen LogP contribution < -0.4 is 10.5 Å². The molecule has 1 unspecified atom stereocenters. The standard InChI is InChI=1S/C16H15FN2O3S/c1-9-7-13-11(3-2-4-12(13)16(20)19-9)14-8-10(23(18,21)22)5-6-15(14)17/h2-6,8-9H,7H2,1H3,(H,19,20)(H2,18,21,22). The van der Waals surface area contributed by atoms with Gasteiger partial charge in [-0.3, -0.25) is 4.79 Å². The van der Waals surface area contributed by atoms with Crippen LogP contribution >= 0.6 is 0 Å². The summed E-state index contributed by atoms with van der Waals surface area (Å²) < 4.78 is 37.3. The first-order valence-electron chi connectivity index (χ1n) is 7.03. The van der Waals surface area contributed by atoms with Gasteiger partial charge in [-0.1, -0.05) is 12.1 Å². The lowest BCUT2D eigenvalue weighted by Gasteiger charge is -2.25. The van der Waals surface area contributed by atoms with E-state index in [0.29, 0.717) is 23.1 Å². The number of fused-ring (bicyclic) bond motifs is 1. The molecule has 0 bridgehead atoms. The summed E-state index contributed by atoms with van der Waals surface area (Å²) in [4.78, 5) is 11.9. The van der Waals surface area contributed by atoms with Gasteiger partial charge in [0.05, 0.1) is 4.90 Å². The third-order valence-corrected chi connectivity index (χ3v) is 4.78. The zero-order chi connectivity index (χ0) is 16.8. The number of halogens is 1. The van der Waals surface area contributed by atoms with Gasteiger partial charge < -0.3 is 5.32 Å². The summed E-state index contributed by atoms with van der Waals surface area (Å²) in [5.74, 6) is -0.784. The minimum absolute atomic E-state index is 0.0827. The first-order chi connectivity index (χ1) is 10.8. The van der Waals surface area contributed by atoms with Crippen LogP contribution in [0.25, 0.3) is 11.1 Å². The van der Waals surface area contributed by atoms with Crippen LogP contribution in [0.15, 0.2) is 41.3 Å². The number of primary sulfonamides is 1. The molecule has 7 heteroatoms. The van der Waals surface area contributed by atoms with E-state index < -0.39 is 15.8 Å². The Morgan fingerprint density at radius 1 is 1.17 bits per heavy atom. The third kappa shape index (κ3) is 2.85. The van der Waals surface area contributed by atoms with Crippen LogP contribution in [-0.2, 0) is 16.4 Å². The summed E-state index contributed by atoms with van der Waals surface area (Å²) in [5.41, 5.74) is 1.80. The van der Waals surface area contributed by atoms with Crippen molar-refractivity contribution < 1.29 is 17.6 Å². The molecule has 120 valence electrons. The molecule has 1 aliphatic rings. The second-order valence-electron chi connectivity index (χ2n) is 5.60. The Morgan fingerprint density at radius 3 is 2.57 bits per heavy atom. The molecule has 3 N–H and O–H groups in total. The van der Waals surface area contributed by atoms with Crippen LogP contribution in [-0.4, -0.2) is 20.4 Å². The van der Waals surface area contributed by atoms with Crippen LogP contribution in [0.1, 0.15) is 22.8 Å². The smallest absolute Gasteiger partial charge is 0.251 e. The number of hydrogen-bond acceptors (Lipinski definition) is 3. The molecule has 0 fully saturated rings. The maximum Gasteiger partial charge on any atom is 0.251 e. The van der Waals surface area contributed by atoms with Crippen molar-refractivity contribution >= 4 is 15.9 Å². The Kier molecular flexibility index (Phi) is 3.69. The van der Waals surface area contributed by atoms with E-state index in [1.807, 2.05) is 6.92 Å². The first-order valence-corrected chi connectivity index (χ1v) is 8.57. The van der Waals surface area contributed by atoms with Crippen LogP contribution in [0.3, 0.4) is 0 Å². The quantitative estimate of drug-likeness (QED) is 0.878. The highest BCUT2D eigenvalue weighted by Gasteiger charge is 2.25. The van der Waals surface area contributed by atoms with Crippen LogP contribution in [0.2, 0.25) is 0 Å². The monoisotopic (exact) mass is 334 g/mol. The predicted molar refractivity (Wildman–Crippen MR) is 83.8 cm³/mol. The molecule has 5 nitrogen and oxygen atoms in total. The summed E-state index contributed by atoms with van der Waals surface area (Å²) in [6.45, 7) is 1.86. The normalized spacial score (nSPS) is 17.5. The maximum atomic E-state index is 14.3. The van der Waals surface area contributed by atoms with Crippen LogP contribution in [0.5, 0.6) is 0 Å². The van der Waals surface area contributed by atoms with E-state index in [1.54, 1.807) is 18.2 Å². The van der Waals surface area contributed by atoms with E-state index >= 15 is 0 Å². The number of rotatable bonds is 2. The van der Waals surface area contributed by atoms with Gasteiger partial charge in [-0.2, -0.15) is 0 Å². The minimum Gasteiger partial charge on any atom is -0.349 e. The van der Waals surface area contributed by atoms with Crippen LogP contribution in [0.4, 0.5) is 4.39 Å². The molecule has 1 amide bonds. The van der Waals surface area contributed by atoms with E-state index in [9.17, 15) is 17.6 Å². The topological polar surface area (TPSA) is 89.3 Å². The van der Waals surface area contributed by atoms with E-state index in [4.69, 9.17) is 5.14 Å². The fraction of sp³-hybridized carbons (Fsp3) is 0.188. The van der Waals surface area contributed by atoms with E-state index in [0.717, 1.165) is 12.1 Å². The van der Waals surface area contributed by atoms with Gasteiger partial charge in [0.1, 0.15) is 5.82 Å². The van der Waals surface area contributed by atoms with Crippen molar-refractivity contribution in [1.82, 2.24) is 5.32 Å². The first kappa shape index (κ1) is 15.6. The van der Waals surface area contributed by atoms with Gasteiger partial charge in [0.15, 0.2) is 0 Å². The molecular weight excluding hydrogens is 319 g/mol. The van der Waals surface area contributed by atoms with E-state index in [2.05, 4.69) is 5.32 Å². The number of sulfonamides is 1. The van der Waals surface area contributed by atoms with Crippen molar-refractivity contribution in [3.8, 4) is 11.1 Å². The van der Waals surface area contributed by atoms with Crippen molar-refractivity contribution in [2.45, 2.75) is 24.3 Å². The number of nitrogens with one attached hydrogen (secondary N) is 1. The SMILES string of the molecule is CC1Cc2c(cccc2-c2cc(S(N)(=O)=O)ccc2F)C(=O)N1. The fourth-order valence-corrected chi connectivity index (χ4v) is 3.36. The van der Waals surface area contributed by atoms with E-state index in [-0.39, 0.29) is 22.4 Å². The zero-order valence-electron chi connectivity index (χ0n) is 12.3. The lowest BCUT2D eigenvalue weighted by Crippen LogP contribution is -2.39. The highest BCUT2D eigenvalue weighted by Crippen LogP contribution is 2.32. The molecular formula is C16H15FN2O3S. The highest BCUT2D eigenvalue weighted by atomic mass is 32.2. The number of benzene rings is 2. The van der Waals surface area contributed by atoms with Gasteiger partial charge in [0, 0.05) is 17.2 Å². The molecule has 0 saturated heterocycles. The molecule has 1 heterocycles. The van der Waals surface area contributed by atoms with Gasteiger partial charge in [-0.15, -0.1) is 0 Å². The molecule has 1 aliphatic heterocycles. The lowest BCUT2D eigenvalue weighted by molar-refractivity contribution is 0.0929. The molecule has 0 aliphatic carbocycles. The Labute approximate surface area is 133 Å². The van der Waals surface area contributed by atoms with Crippen molar-refractivity contribution in [3.05, 3.63) is 53.3 Å². The van der Waals surface area contributed by atoms with Gasteiger partial charge in [-0.25, -0.2) is 17.9 Å². The molecule has 0 aromatic heterocycles. The molecule has 1 atom stereocenters. The average molecular weight is 334 g/mol. The third-order valence-electron chi connectivity index (χ3n) is 3.86. The molecule has 3 rings (SSSR count). The average Bonchev–Trinajstić information content (AvgIpc) is 2.46. The Hall–Kier alpha value is -2.25. The summed E-state index contributed by atoms with van der Waals surface area (Å²) in [6, 6.07) is 8.31. The van der Waals surface area contributed by atoms with Gasteiger partial charge in [0.2, 0.25) is 10.0 Å². The van der Waals surface area contributed by atoms with Crippen molar-refractivity contribution in [2.75, 3.05) is 0 Å². The number of hydrogen-bond donors (Lipinski definition) is 2. The largest absolute Gasteiger partial charge is 0.349 e. The van der Waals surface area contributed by atoms with E-state index in [1.165, 1.54) is 6.07 Å². The number of amides is 1. The maximum absolute atomic E-state index is 14.3. The number of carbonyl (C=O) groups excluding carboxylic acids is 1. The fourth-order valence-electron chi connectivity index (χ4n) is 2.82. The summed E-state index contributed by atoms with van der Waals surface area (Å²) in [5, 5.41) is 7.94. The summed E-state index contributed by atoms with van der Waals surface area (Å²) in [6.07, 6.45) is 0.538. The molecule has 23 heavy (non-hydrogen) atoms. The second kappa shape index (κ2) is 5.43. The van der Waals surface area contributed by atoms with Gasteiger partial charge in [0.25, 0.3) is 5.91 Å². The molecule has 0 radical (unpaired) electrons. The number of carbonyl (C=O) groups is 1. The Balaban J connectivity index is 2.25. The molecule has 2 aromatic rings. The van der Waals surface area contributed by atoms with Crippen molar-refractivity contribution in [2.24, 2.45) is 5.14 Å². The second-order valence-corrected chi connectivity index (χ2v) is 7.16. The molecule has 0 spiro atoms. The predicted octanol–water partition coefficient (Wildman–Crippen LogP) is 1.81. The highest BCUT2D eigenvalue weighted by molar-refractivity contribution is 7.89. The van der Waals surface area contributed by atoms with Crippen LogP contribution in [0, 0.1) is 5.82 Å². The number of nitrogens with two attached hydrogens (primary N) is 1. The zero-order valence-corrected chi connectivity index (χ0v) is 13.2.